The summed E-state index contributed by atoms with van der Waals surface area (Å²) in [7, 11) is 0. The molecule has 0 saturated heterocycles. The molecular formula is C23H24FN5O2. The third-order valence-corrected chi connectivity index (χ3v) is 5.95. The summed E-state index contributed by atoms with van der Waals surface area (Å²) in [6.45, 7) is 4.60. The van der Waals surface area contributed by atoms with E-state index in [2.05, 4.69) is 11.9 Å². The fraction of sp³-hybridized carbons (Fsp3) is 0.304. The highest BCUT2D eigenvalue weighted by Gasteiger charge is 2.49. The summed E-state index contributed by atoms with van der Waals surface area (Å²) in [5.41, 5.74) is 11.8. The zero-order valence-electron chi connectivity index (χ0n) is 17.1. The quantitative estimate of drug-likeness (QED) is 0.359. The maximum atomic E-state index is 15.2. The molecule has 31 heavy (non-hydrogen) atoms. The van der Waals surface area contributed by atoms with Gasteiger partial charge in [0, 0.05) is 12.7 Å². The SMILES string of the molecule is C=C/C(=C\C=C/N)CCCNc1c(F)c(N)c2c(=O)c(C#N)cn3c2c1OCC31CC1. The van der Waals surface area contributed by atoms with Crippen molar-refractivity contribution in [3.63, 3.8) is 0 Å². The van der Waals surface area contributed by atoms with Crippen LogP contribution >= 0.6 is 0 Å². The highest BCUT2D eigenvalue weighted by molar-refractivity contribution is 6.01. The highest BCUT2D eigenvalue weighted by atomic mass is 19.1. The third kappa shape index (κ3) is 3.32. The lowest BCUT2D eigenvalue weighted by molar-refractivity contribution is 0.221. The topological polar surface area (TPSA) is 119 Å². The molecule has 1 fully saturated rings. The number of rotatable bonds is 7. The molecule has 1 aromatic heterocycles. The first-order valence-corrected chi connectivity index (χ1v) is 10.1. The molecule has 1 spiro atoms. The number of ether oxygens (including phenoxy) is 1. The van der Waals surface area contributed by atoms with Crippen LogP contribution in [-0.2, 0) is 5.54 Å². The molecule has 2 heterocycles. The van der Waals surface area contributed by atoms with Crippen LogP contribution in [0.3, 0.4) is 0 Å². The maximum Gasteiger partial charge on any atom is 0.209 e. The molecule has 0 atom stereocenters. The summed E-state index contributed by atoms with van der Waals surface area (Å²) in [6.07, 6.45) is 11.5. The molecule has 0 unspecified atom stereocenters. The van der Waals surface area contributed by atoms with E-state index in [9.17, 15) is 10.1 Å². The minimum atomic E-state index is -0.737. The van der Waals surface area contributed by atoms with E-state index in [0.29, 0.717) is 25.1 Å². The molecule has 160 valence electrons. The van der Waals surface area contributed by atoms with Crippen LogP contribution in [0.15, 0.2) is 47.6 Å². The summed E-state index contributed by atoms with van der Waals surface area (Å²) < 4.78 is 23.1. The molecule has 1 aliphatic heterocycles. The van der Waals surface area contributed by atoms with E-state index in [1.54, 1.807) is 18.3 Å². The average molecular weight is 421 g/mol. The van der Waals surface area contributed by atoms with Gasteiger partial charge in [0.15, 0.2) is 11.6 Å². The Hall–Kier alpha value is -3.73. The van der Waals surface area contributed by atoms with Gasteiger partial charge < -0.3 is 26.1 Å². The van der Waals surface area contributed by atoms with Crippen LogP contribution < -0.4 is 26.9 Å². The number of nitrogens with zero attached hydrogens (tertiary/aromatic N) is 2. The Morgan fingerprint density at radius 3 is 2.90 bits per heavy atom. The van der Waals surface area contributed by atoms with Crippen molar-refractivity contribution in [2.75, 3.05) is 24.2 Å². The Kier molecular flexibility index (Phi) is 5.19. The smallest absolute Gasteiger partial charge is 0.209 e. The van der Waals surface area contributed by atoms with Crippen LogP contribution in [0.5, 0.6) is 5.75 Å². The molecule has 2 aromatic rings. The molecule has 5 N–H and O–H groups in total. The lowest BCUT2D eigenvalue weighted by Crippen LogP contribution is -2.33. The number of pyridine rings is 1. The van der Waals surface area contributed by atoms with Gasteiger partial charge in [-0.3, -0.25) is 4.79 Å². The van der Waals surface area contributed by atoms with Gasteiger partial charge >= 0.3 is 0 Å². The highest BCUT2D eigenvalue weighted by Crippen LogP contribution is 2.52. The number of nitrogens with two attached hydrogens (primary N) is 2. The number of allylic oxidation sites excluding steroid dienone is 4. The largest absolute Gasteiger partial charge is 0.487 e. The molecule has 7 nitrogen and oxygen atoms in total. The average Bonchev–Trinajstić information content (AvgIpc) is 3.55. The summed E-state index contributed by atoms with van der Waals surface area (Å²) >= 11 is 0. The van der Waals surface area contributed by atoms with Gasteiger partial charge in [0.05, 0.1) is 22.1 Å². The molecular weight excluding hydrogens is 397 g/mol. The second-order valence-corrected chi connectivity index (χ2v) is 7.88. The zero-order chi connectivity index (χ0) is 22.2. The molecule has 4 rings (SSSR count). The van der Waals surface area contributed by atoms with Crippen molar-refractivity contribution in [3.05, 3.63) is 64.4 Å². The number of halogens is 1. The Morgan fingerprint density at radius 1 is 1.48 bits per heavy atom. The number of anilines is 2. The van der Waals surface area contributed by atoms with E-state index in [1.807, 2.05) is 16.7 Å². The van der Waals surface area contributed by atoms with Gasteiger partial charge in [0.25, 0.3) is 0 Å². The summed E-state index contributed by atoms with van der Waals surface area (Å²) in [5, 5.41) is 12.5. The molecule has 0 bridgehead atoms. The van der Waals surface area contributed by atoms with Crippen LogP contribution in [-0.4, -0.2) is 17.7 Å². The van der Waals surface area contributed by atoms with Crippen LogP contribution in [0.4, 0.5) is 15.8 Å². The summed E-state index contributed by atoms with van der Waals surface area (Å²) in [6, 6.07) is 1.91. The normalized spacial score (nSPS) is 16.3. The number of benzene rings is 1. The Labute approximate surface area is 179 Å². The molecule has 2 aliphatic rings. The van der Waals surface area contributed by atoms with Crippen molar-refractivity contribution in [2.24, 2.45) is 5.73 Å². The van der Waals surface area contributed by atoms with Gasteiger partial charge in [-0.05, 0) is 43.5 Å². The fourth-order valence-corrected chi connectivity index (χ4v) is 4.05. The minimum Gasteiger partial charge on any atom is -0.487 e. The number of hydrogen-bond donors (Lipinski definition) is 3. The fourth-order valence-electron chi connectivity index (χ4n) is 4.05. The second kappa shape index (κ2) is 7.84. The minimum absolute atomic E-state index is 0.00789. The Morgan fingerprint density at radius 2 is 2.26 bits per heavy atom. The van der Waals surface area contributed by atoms with E-state index in [0.717, 1.165) is 24.8 Å². The molecule has 0 radical (unpaired) electrons. The van der Waals surface area contributed by atoms with Crippen LogP contribution in [0, 0.1) is 17.1 Å². The molecule has 1 saturated carbocycles. The first kappa shape index (κ1) is 20.5. The molecule has 1 aromatic carbocycles. The Balaban J connectivity index is 1.73. The number of nitrogen functional groups attached to an aromatic ring is 1. The van der Waals surface area contributed by atoms with Crippen molar-refractivity contribution in [1.29, 1.82) is 5.26 Å². The predicted octanol–water partition coefficient (Wildman–Crippen LogP) is 3.25. The zero-order valence-corrected chi connectivity index (χ0v) is 17.1. The van der Waals surface area contributed by atoms with E-state index in [4.69, 9.17) is 16.2 Å². The number of hydrogen-bond acceptors (Lipinski definition) is 6. The molecule has 8 heteroatoms. The van der Waals surface area contributed by atoms with Crippen molar-refractivity contribution in [1.82, 2.24) is 4.57 Å². The second-order valence-electron chi connectivity index (χ2n) is 7.88. The van der Waals surface area contributed by atoms with Crippen LogP contribution in [0.25, 0.3) is 10.9 Å². The van der Waals surface area contributed by atoms with Crippen molar-refractivity contribution in [2.45, 2.75) is 31.2 Å². The third-order valence-electron chi connectivity index (χ3n) is 5.95. The van der Waals surface area contributed by atoms with Crippen LogP contribution in [0.1, 0.15) is 31.2 Å². The van der Waals surface area contributed by atoms with Crippen molar-refractivity contribution in [3.8, 4) is 11.8 Å². The Bertz CT molecular complexity index is 1230. The lowest BCUT2D eigenvalue weighted by atomic mass is 10.0. The molecule has 1 aliphatic carbocycles. The first-order chi connectivity index (χ1) is 15.0. The summed E-state index contributed by atoms with van der Waals surface area (Å²) in [5.74, 6) is -0.468. The van der Waals surface area contributed by atoms with Gasteiger partial charge in [-0.25, -0.2) is 4.39 Å². The number of fused-ring (bicyclic) bond motifs is 1. The number of nitrogens with one attached hydrogen (secondary N) is 1. The van der Waals surface area contributed by atoms with Gasteiger partial charge in [-0.1, -0.05) is 18.7 Å². The van der Waals surface area contributed by atoms with Gasteiger partial charge in [-0.2, -0.15) is 5.26 Å². The monoisotopic (exact) mass is 421 g/mol. The van der Waals surface area contributed by atoms with Gasteiger partial charge in [0.2, 0.25) is 5.43 Å². The van der Waals surface area contributed by atoms with E-state index in [1.165, 1.54) is 6.20 Å². The van der Waals surface area contributed by atoms with E-state index in [-0.39, 0.29) is 33.6 Å². The summed E-state index contributed by atoms with van der Waals surface area (Å²) in [4.78, 5) is 12.8. The number of nitriles is 1. The maximum absolute atomic E-state index is 15.2. The van der Waals surface area contributed by atoms with E-state index < -0.39 is 11.2 Å². The van der Waals surface area contributed by atoms with Crippen LogP contribution in [0.2, 0.25) is 0 Å². The van der Waals surface area contributed by atoms with Gasteiger partial charge in [-0.15, -0.1) is 0 Å². The van der Waals surface area contributed by atoms with Crippen molar-refractivity contribution >= 4 is 22.3 Å². The van der Waals surface area contributed by atoms with E-state index >= 15 is 4.39 Å². The number of aromatic nitrogens is 1. The lowest BCUT2D eigenvalue weighted by Gasteiger charge is -2.31. The predicted molar refractivity (Wildman–Crippen MR) is 119 cm³/mol. The standard InChI is InChI=1S/C23H24FN5O2/c1-2-14(5-3-9-25)6-4-10-28-19-17(24)18(27)16-20-22(19)31-13-23(7-8-23)29(20)12-15(11-26)21(16)30/h2-3,5,9,12,28H,1,4,6-8,10,13,25,27H2/b9-3-,14-5+. The van der Waals surface area contributed by atoms with Crippen molar-refractivity contribution < 1.29 is 9.13 Å². The van der Waals surface area contributed by atoms with Gasteiger partial charge in [0.1, 0.15) is 23.9 Å². The molecule has 0 amide bonds. The first-order valence-electron chi connectivity index (χ1n) is 10.1.